The molecule has 0 spiro atoms. The van der Waals surface area contributed by atoms with E-state index in [4.69, 9.17) is 0 Å². The molecule has 0 fully saturated rings. The molecule has 24 heavy (non-hydrogen) atoms. The van der Waals surface area contributed by atoms with Crippen molar-refractivity contribution in [2.24, 2.45) is 11.3 Å². The molecule has 1 aromatic heterocycles. The van der Waals surface area contributed by atoms with Crippen molar-refractivity contribution in [3.63, 3.8) is 0 Å². The summed E-state index contributed by atoms with van der Waals surface area (Å²) in [7, 11) is 1.79. The minimum absolute atomic E-state index is 0.0346. The minimum Gasteiger partial charge on any atom is -0.508 e. The van der Waals surface area contributed by atoms with E-state index in [-0.39, 0.29) is 11.7 Å². The summed E-state index contributed by atoms with van der Waals surface area (Å²) in [4.78, 5) is 16.0. The first kappa shape index (κ1) is 17.0. The summed E-state index contributed by atoms with van der Waals surface area (Å²) in [5.74, 6) is 0.926. The smallest absolute Gasteiger partial charge is 0.259 e. The van der Waals surface area contributed by atoms with Gasteiger partial charge in [0.1, 0.15) is 5.75 Å². The van der Waals surface area contributed by atoms with Gasteiger partial charge in [-0.1, -0.05) is 20.8 Å². The van der Waals surface area contributed by atoms with E-state index in [1.54, 1.807) is 47.5 Å². The first-order valence-corrected chi connectivity index (χ1v) is 9.31. The van der Waals surface area contributed by atoms with Crippen LogP contribution in [0.2, 0.25) is 0 Å². The van der Waals surface area contributed by atoms with Crippen LogP contribution in [0.3, 0.4) is 0 Å². The van der Waals surface area contributed by atoms with E-state index in [1.807, 2.05) is 5.38 Å². The van der Waals surface area contributed by atoms with Gasteiger partial charge in [0.15, 0.2) is 0 Å². The van der Waals surface area contributed by atoms with Crippen molar-refractivity contribution < 1.29 is 9.90 Å². The second kappa shape index (κ2) is 6.25. The van der Waals surface area contributed by atoms with Crippen molar-refractivity contribution in [1.82, 2.24) is 0 Å². The van der Waals surface area contributed by atoms with Crippen molar-refractivity contribution in [1.29, 1.82) is 0 Å². The molecular formula is C20H25NO2S. The third kappa shape index (κ3) is 3.20. The van der Waals surface area contributed by atoms with Gasteiger partial charge in [0.05, 0.1) is 5.56 Å². The topological polar surface area (TPSA) is 40.5 Å². The number of rotatable bonds is 2. The summed E-state index contributed by atoms with van der Waals surface area (Å²) < 4.78 is 0. The normalized spacial score (nSPS) is 17.4. The highest BCUT2D eigenvalue weighted by atomic mass is 32.1. The molecule has 0 saturated carbocycles. The Labute approximate surface area is 147 Å². The van der Waals surface area contributed by atoms with Gasteiger partial charge in [0.2, 0.25) is 0 Å². The first-order chi connectivity index (χ1) is 11.3. The van der Waals surface area contributed by atoms with Gasteiger partial charge in [-0.3, -0.25) is 4.79 Å². The molecule has 1 amide bonds. The summed E-state index contributed by atoms with van der Waals surface area (Å²) in [5.41, 5.74) is 3.20. The third-order valence-electron chi connectivity index (χ3n) is 5.15. The molecule has 1 N–H and O–H groups in total. The van der Waals surface area contributed by atoms with Crippen LogP contribution in [0.25, 0.3) is 0 Å². The number of thiophene rings is 1. The van der Waals surface area contributed by atoms with E-state index < -0.39 is 0 Å². The summed E-state index contributed by atoms with van der Waals surface area (Å²) in [6, 6.07) is 6.75. The van der Waals surface area contributed by atoms with Crippen LogP contribution in [0.15, 0.2) is 29.6 Å². The van der Waals surface area contributed by atoms with Gasteiger partial charge in [0.25, 0.3) is 5.91 Å². The van der Waals surface area contributed by atoms with Gasteiger partial charge < -0.3 is 10.0 Å². The first-order valence-electron chi connectivity index (χ1n) is 8.43. The second-order valence-corrected chi connectivity index (χ2v) is 8.70. The Bertz CT molecular complexity index is 740. The Hall–Kier alpha value is -1.81. The Morgan fingerprint density at radius 3 is 2.54 bits per heavy atom. The summed E-state index contributed by atoms with van der Waals surface area (Å²) in [6.45, 7) is 6.92. The van der Waals surface area contributed by atoms with E-state index in [1.165, 1.54) is 10.4 Å². The number of hydrogen-bond donors (Lipinski definition) is 1. The van der Waals surface area contributed by atoms with E-state index in [0.717, 1.165) is 30.5 Å². The van der Waals surface area contributed by atoms with Crippen LogP contribution < -0.4 is 4.90 Å². The molecule has 0 saturated heterocycles. The third-order valence-corrected chi connectivity index (χ3v) is 6.20. The monoisotopic (exact) mass is 343 g/mol. The summed E-state index contributed by atoms with van der Waals surface area (Å²) >= 11 is 1.73. The lowest BCUT2D eigenvalue weighted by Gasteiger charge is -2.34. The Morgan fingerprint density at radius 2 is 1.92 bits per heavy atom. The average Bonchev–Trinajstić information content (AvgIpc) is 2.96. The molecule has 128 valence electrons. The van der Waals surface area contributed by atoms with Crippen molar-refractivity contribution in [3.05, 3.63) is 45.6 Å². The zero-order chi connectivity index (χ0) is 17.5. The Balaban J connectivity index is 1.83. The molecule has 2 aromatic rings. The maximum absolute atomic E-state index is 12.9. The number of carbonyl (C=O) groups is 1. The highest BCUT2D eigenvalue weighted by Crippen LogP contribution is 2.41. The van der Waals surface area contributed by atoms with E-state index in [9.17, 15) is 9.90 Å². The Morgan fingerprint density at radius 1 is 1.25 bits per heavy atom. The fraction of sp³-hybridized carbons (Fsp3) is 0.450. The minimum atomic E-state index is 0.0346. The molecule has 1 unspecified atom stereocenters. The van der Waals surface area contributed by atoms with Crippen LogP contribution in [0.5, 0.6) is 5.75 Å². The molecule has 1 atom stereocenters. The van der Waals surface area contributed by atoms with Gasteiger partial charge >= 0.3 is 0 Å². The lowest BCUT2D eigenvalue weighted by Crippen LogP contribution is -2.29. The second-order valence-electron chi connectivity index (χ2n) is 7.74. The predicted octanol–water partition coefficient (Wildman–Crippen LogP) is 4.88. The van der Waals surface area contributed by atoms with Crippen molar-refractivity contribution >= 4 is 22.9 Å². The Kier molecular flexibility index (Phi) is 4.43. The molecule has 1 heterocycles. The average molecular weight is 343 g/mol. The number of phenolic OH excluding ortho intramolecular Hbond substituents is 1. The molecule has 4 heteroatoms. The van der Waals surface area contributed by atoms with Crippen LogP contribution in [0.1, 0.15) is 48.0 Å². The number of nitrogens with zero attached hydrogens (tertiary/aromatic N) is 1. The number of phenols is 1. The highest BCUT2D eigenvalue weighted by molar-refractivity contribution is 7.10. The number of amides is 1. The van der Waals surface area contributed by atoms with Gasteiger partial charge in [-0.25, -0.2) is 0 Å². The molecule has 3 rings (SSSR count). The van der Waals surface area contributed by atoms with Crippen LogP contribution in [-0.2, 0) is 12.8 Å². The van der Waals surface area contributed by atoms with Crippen LogP contribution in [0, 0.1) is 11.3 Å². The molecule has 3 nitrogen and oxygen atoms in total. The quantitative estimate of drug-likeness (QED) is 0.844. The number of carbonyl (C=O) groups excluding carboxylic acids is 1. The van der Waals surface area contributed by atoms with Gasteiger partial charge in [-0.2, -0.15) is 0 Å². The van der Waals surface area contributed by atoms with Crippen molar-refractivity contribution in [2.75, 3.05) is 11.9 Å². The van der Waals surface area contributed by atoms with Crippen LogP contribution in [-0.4, -0.2) is 18.1 Å². The number of benzene rings is 1. The standard InChI is InChI=1S/C20H25NO2S/c1-20(2,3)13-5-10-16-17(12-24-18(16)11-13)19(23)21(4)14-6-8-15(22)9-7-14/h6-9,12-13,22H,5,10-11H2,1-4H3. The zero-order valence-electron chi connectivity index (χ0n) is 14.8. The van der Waals surface area contributed by atoms with Gasteiger partial charge in [-0.05, 0) is 60.4 Å². The lowest BCUT2D eigenvalue weighted by atomic mass is 9.72. The molecule has 0 aliphatic heterocycles. The van der Waals surface area contributed by atoms with Gasteiger partial charge in [-0.15, -0.1) is 11.3 Å². The SMILES string of the molecule is CN(C(=O)c1csc2c1CCC(C(C)(C)C)C2)c1ccc(O)cc1. The highest BCUT2D eigenvalue weighted by Gasteiger charge is 2.32. The van der Waals surface area contributed by atoms with Crippen LogP contribution >= 0.6 is 11.3 Å². The zero-order valence-corrected chi connectivity index (χ0v) is 15.6. The van der Waals surface area contributed by atoms with Crippen molar-refractivity contribution in [3.8, 4) is 5.75 Å². The molecule has 1 aliphatic carbocycles. The number of hydrogen-bond acceptors (Lipinski definition) is 3. The number of anilines is 1. The maximum Gasteiger partial charge on any atom is 0.259 e. The van der Waals surface area contributed by atoms with E-state index >= 15 is 0 Å². The van der Waals surface area contributed by atoms with Gasteiger partial charge in [0, 0.05) is 23.0 Å². The van der Waals surface area contributed by atoms with E-state index in [2.05, 4.69) is 20.8 Å². The fourth-order valence-corrected chi connectivity index (χ4v) is 4.56. The summed E-state index contributed by atoms with van der Waals surface area (Å²) in [5, 5.41) is 11.4. The summed E-state index contributed by atoms with van der Waals surface area (Å²) in [6.07, 6.45) is 3.22. The van der Waals surface area contributed by atoms with E-state index in [0.29, 0.717) is 11.3 Å². The predicted molar refractivity (Wildman–Crippen MR) is 100 cm³/mol. The molecule has 1 aliphatic rings. The maximum atomic E-state index is 12.9. The molecule has 0 bridgehead atoms. The molecular weight excluding hydrogens is 318 g/mol. The van der Waals surface area contributed by atoms with Crippen molar-refractivity contribution in [2.45, 2.75) is 40.0 Å². The molecule has 1 aromatic carbocycles. The number of aromatic hydroxyl groups is 1. The lowest BCUT2D eigenvalue weighted by molar-refractivity contribution is 0.0992. The fourth-order valence-electron chi connectivity index (χ4n) is 3.41. The largest absolute Gasteiger partial charge is 0.508 e. The molecule has 0 radical (unpaired) electrons. The van der Waals surface area contributed by atoms with Crippen LogP contribution in [0.4, 0.5) is 5.69 Å². The number of fused-ring (bicyclic) bond motifs is 1.